The highest BCUT2D eigenvalue weighted by Crippen LogP contribution is 2.25. The zero-order valence-corrected chi connectivity index (χ0v) is 15.8. The molecule has 0 amide bonds. The normalized spacial score (nSPS) is 13.6. The molecule has 2 atom stereocenters. The number of Topliss-reactive ketones (excluding diaryl/α,β-unsaturated/α-hetero) is 1. The molecule has 0 spiro atoms. The van der Waals surface area contributed by atoms with Gasteiger partial charge in [-0.15, -0.1) is 11.3 Å². The zero-order valence-electron chi connectivity index (χ0n) is 15.0. The Morgan fingerprint density at radius 3 is 2.72 bits per heavy atom. The highest BCUT2D eigenvalue weighted by Gasteiger charge is 2.21. The average Bonchev–Trinajstić information content (AvgIpc) is 3.04. The van der Waals surface area contributed by atoms with Gasteiger partial charge in [-0.2, -0.15) is 0 Å². The van der Waals surface area contributed by atoms with Crippen molar-refractivity contribution >= 4 is 27.3 Å². The molecular formula is C20H23N2O2S+. The van der Waals surface area contributed by atoms with Crippen molar-refractivity contribution in [1.29, 1.82) is 0 Å². The molecule has 130 valence electrons. The van der Waals surface area contributed by atoms with Crippen LogP contribution in [0.1, 0.15) is 40.8 Å². The number of carbonyl (C=O) groups excluding carboxylic acids is 1. The Bertz CT molecular complexity index is 871. The van der Waals surface area contributed by atoms with E-state index in [2.05, 4.69) is 26.1 Å². The van der Waals surface area contributed by atoms with Crippen molar-refractivity contribution in [3.05, 3.63) is 58.6 Å². The molecule has 0 bridgehead atoms. The third kappa shape index (κ3) is 3.72. The lowest BCUT2D eigenvalue weighted by atomic mass is 10.1. The fraction of sp³-hybridized carbons (Fsp3) is 0.300. The first-order valence-electron chi connectivity index (χ1n) is 8.35. The highest BCUT2D eigenvalue weighted by atomic mass is 32.1. The van der Waals surface area contributed by atoms with Crippen molar-refractivity contribution in [1.82, 2.24) is 4.98 Å². The van der Waals surface area contributed by atoms with Gasteiger partial charge in [0.2, 0.25) is 0 Å². The molecule has 0 saturated heterocycles. The molecule has 0 aliphatic carbocycles. The number of benzene rings is 2. The monoisotopic (exact) mass is 355 g/mol. The smallest absolute Gasteiger partial charge is 0.159 e. The number of nitrogens with zero attached hydrogens (tertiary/aromatic N) is 1. The lowest BCUT2D eigenvalue weighted by Gasteiger charge is -2.21. The molecule has 1 unspecified atom stereocenters. The van der Waals surface area contributed by atoms with E-state index < -0.39 is 0 Å². The first kappa shape index (κ1) is 17.6. The van der Waals surface area contributed by atoms with E-state index in [0.29, 0.717) is 0 Å². The van der Waals surface area contributed by atoms with E-state index in [1.54, 1.807) is 25.4 Å². The van der Waals surface area contributed by atoms with Crippen LogP contribution in [0, 0.1) is 0 Å². The maximum atomic E-state index is 11.7. The molecule has 0 saturated carbocycles. The molecule has 1 heterocycles. The van der Waals surface area contributed by atoms with Crippen LogP contribution in [0.4, 0.5) is 0 Å². The van der Waals surface area contributed by atoms with Gasteiger partial charge in [0.15, 0.2) is 10.8 Å². The van der Waals surface area contributed by atoms with E-state index in [1.165, 1.54) is 9.60 Å². The minimum Gasteiger partial charge on any atom is -0.496 e. The largest absolute Gasteiger partial charge is 0.496 e. The molecule has 3 rings (SSSR count). The van der Waals surface area contributed by atoms with Crippen molar-refractivity contribution in [3.63, 3.8) is 0 Å². The molecule has 4 nitrogen and oxygen atoms in total. The van der Waals surface area contributed by atoms with Gasteiger partial charge in [0, 0.05) is 11.1 Å². The molecule has 0 aliphatic rings. The van der Waals surface area contributed by atoms with Crippen molar-refractivity contribution in [2.45, 2.75) is 26.4 Å². The third-order valence-electron chi connectivity index (χ3n) is 4.58. The van der Waals surface area contributed by atoms with Crippen molar-refractivity contribution < 1.29 is 14.4 Å². The Kier molecular flexibility index (Phi) is 5.16. The summed E-state index contributed by atoms with van der Waals surface area (Å²) in [6.07, 6.45) is 0. The number of aromatic nitrogens is 1. The summed E-state index contributed by atoms with van der Waals surface area (Å²) in [6.45, 7) is 4.54. The van der Waals surface area contributed by atoms with Gasteiger partial charge >= 0.3 is 0 Å². The predicted octanol–water partition coefficient (Wildman–Crippen LogP) is 3.28. The van der Waals surface area contributed by atoms with E-state index in [-0.39, 0.29) is 11.8 Å². The van der Waals surface area contributed by atoms with Crippen LogP contribution >= 0.6 is 11.3 Å². The summed E-state index contributed by atoms with van der Waals surface area (Å²) in [5.74, 6) is 0.890. The second kappa shape index (κ2) is 7.33. The number of hydrogen-bond donors (Lipinski definition) is 1. The summed E-state index contributed by atoms with van der Waals surface area (Å²) < 4.78 is 6.69. The van der Waals surface area contributed by atoms with Crippen molar-refractivity contribution in [3.8, 4) is 5.75 Å². The first-order valence-corrected chi connectivity index (χ1v) is 9.17. The number of hydrogen-bond acceptors (Lipinski definition) is 4. The maximum absolute atomic E-state index is 11.7. The topological polar surface area (TPSA) is 43.6 Å². The fourth-order valence-electron chi connectivity index (χ4n) is 2.88. The second-order valence-corrected chi connectivity index (χ2v) is 7.41. The van der Waals surface area contributed by atoms with Gasteiger partial charge in [-0.3, -0.25) is 4.79 Å². The number of fused-ring (bicyclic) bond motifs is 1. The van der Waals surface area contributed by atoms with E-state index in [9.17, 15) is 4.79 Å². The number of methoxy groups -OCH3 is 1. The Hall–Kier alpha value is -2.24. The van der Waals surface area contributed by atoms with Gasteiger partial charge < -0.3 is 9.64 Å². The molecule has 1 aromatic heterocycles. The molecule has 5 heteroatoms. The number of carbonyl (C=O) groups is 1. The lowest BCUT2D eigenvalue weighted by molar-refractivity contribution is -0.923. The number of ether oxygens (including phenoxy) is 1. The standard InChI is InChI=1S/C20H22N2O2S/c1-13(20-21-17-7-5-6-8-19(17)25-20)22(3)12-16-11-15(14(2)23)9-10-18(16)24-4/h5-11,13H,12H2,1-4H3/p+1/t13-/m1/s1. The Morgan fingerprint density at radius 1 is 1.28 bits per heavy atom. The van der Waals surface area contributed by atoms with Crippen LogP contribution in [-0.4, -0.2) is 24.9 Å². The summed E-state index contributed by atoms with van der Waals surface area (Å²) in [5, 5.41) is 1.13. The molecule has 1 N–H and O–H groups in total. The van der Waals surface area contributed by atoms with Crippen LogP contribution in [0.15, 0.2) is 42.5 Å². The van der Waals surface area contributed by atoms with Crippen molar-refractivity contribution in [2.75, 3.05) is 14.2 Å². The Balaban J connectivity index is 1.84. The number of rotatable bonds is 6. The summed E-state index contributed by atoms with van der Waals surface area (Å²) >= 11 is 1.74. The van der Waals surface area contributed by atoms with Gasteiger partial charge in [0.1, 0.15) is 18.3 Å². The number of nitrogens with one attached hydrogen (secondary N) is 1. The molecule has 25 heavy (non-hydrogen) atoms. The van der Waals surface area contributed by atoms with Crippen LogP contribution < -0.4 is 9.64 Å². The maximum Gasteiger partial charge on any atom is 0.159 e. The Labute approximate surface area is 152 Å². The minimum absolute atomic E-state index is 0.0702. The van der Waals surface area contributed by atoms with Crippen molar-refractivity contribution in [2.24, 2.45) is 0 Å². The average molecular weight is 355 g/mol. The second-order valence-electron chi connectivity index (χ2n) is 6.35. The minimum atomic E-state index is 0.0702. The SMILES string of the molecule is COc1ccc(C(C)=O)cc1C[NH+](C)[C@H](C)c1nc2ccccc2s1. The van der Waals surface area contributed by atoms with Crippen LogP contribution in [0.5, 0.6) is 5.75 Å². The molecule has 2 aromatic carbocycles. The third-order valence-corrected chi connectivity index (χ3v) is 5.80. The first-order chi connectivity index (χ1) is 12.0. The molecule has 0 radical (unpaired) electrons. The van der Waals surface area contributed by atoms with Gasteiger partial charge in [0.25, 0.3) is 0 Å². The quantitative estimate of drug-likeness (QED) is 0.690. The molecule has 0 fully saturated rings. The summed E-state index contributed by atoms with van der Waals surface area (Å²) in [7, 11) is 3.81. The van der Waals surface area contributed by atoms with E-state index in [4.69, 9.17) is 9.72 Å². The van der Waals surface area contributed by atoms with Crippen LogP contribution in [0.3, 0.4) is 0 Å². The highest BCUT2D eigenvalue weighted by molar-refractivity contribution is 7.18. The summed E-state index contributed by atoms with van der Waals surface area (Å²) in [4.78, 5) is 17.8. The van der Waals surface area contributed by atoms with E-state index in [1.807, 2.05) is 30.3 Å². The van der Waals surface area contributed by atoms with Crippen LogP contribution in [0.25, 0.3) is 10.2 Å². The zero-order chi connectivity index (χ0) is 18.0. The molecule has 0 aliphatic heterocycles. The van der Waals surface area contributed by atoms with Gasteiger partial charge in [-0.25, -0.2) is 4.98 Å². The Morgan fingerprint density at radius 2 is 2.04 bits per heavy atom. The fourth-order valence-corrected chi connectivity index (χ4v) is 3.99. The van der Waals surface area contributed by atoms with Gasteiger partial charge in [0.05, 0.1) is 24.4 Å². The predicted molar refractivity (Wildman–Crippen MR) is 102 cm³/mol. The summed E-state index contributed by atoms with van der Waals surface area (Å²) in [6, 6.07) is 14.1. The van der Waals surface area contributed by atoms with Crippen LogP contribution in [-0.2, 0) is 6.54 Å². The number of thiazole rings is 1. The van der Waals surface area contributed by atoms with Gasteiger partial charge in [-0.05, 0) is 44.2 Å². The van der Waals surface area contributed by atoms with E-state index >= 15 is 0 Å². The number of para-hydroxylation sites is 1. The number of quaternary nitrogens is 1. The number of ketones is 1. The lowest BCUT2D eigenvalue weighted by Crippen LogP contribution is -3.07. The summed E-state index contributed by atoms with van der Waals surface area (Å²) in [5.41, 5.74) is 2.82. The van der Waals surface area contributed by atoms with Gasteiger partial charge in [-0.1, -0.05) is 12.1 Å². The van der Waals surface area contributed by atoms with Crippen LogP contribution in [0.2, 0.25) is 0 Å². The molecular weight excluding hydrogens is 332 g/mol. The molecule has 3 aromatic rings. The van der Waals surface area contributed by atoms with E-state index in [0.717, 1.165) is 33.9 Å².